The third-order valence-corrected chi connectivity index (χ3v) is 3.97. The van der Waals surface area contributed by atoms with E-state index >= 15 is 0 Å². The van der Waals surface area contributed by atoms with Crippen molar-refractivity contribution >= 4 is 17.2 Å². The molecule has 0 radical (unpaired) electrons. The van der Waals surface area contributed by atoms with E-state index in [-0.39, 0.29) is 5.91 Å². The Kier molecular flexibility index (Phi) is 3.34. The Morgan fingerprint density at radius 1 is 1.59 bits per heavy atom. The van der Waals surface area contributed by atoms with Crippen molar-refractivity contribution in [3.8, 4) is 11.8 Å². The molecule has 17 heavy (non-hydrogen) atoms. The van der Waals surface area contributed by atoms with Gasteiger partial charge in [-0.3, -0.25) is 4.79 Å². The molecule has 0 aromatic carbocycles. The predicted octanol–water partition coefficient (Wildman–Crippen LogP) is 2.32. The van der Waals surface area contributed by atoms with Crippen molar-refractivity contribution in [3.05, 3.63) is 16.3 Å². The van der Waals surface area contributed by atoms with Crippen LogP contribution in [0.25, 0.3) is 0 Å². The van der Waals surface area contributed by atoms with Crippen molar-refractivity contribution in [3.63, 3.8) is 0 Å². The Morgan fingerprint density at radius 3 is 2.88 bits per heavy atom. The number of rotatable bonds is 3. The zero-order chi connectivity index (χ0) is 12.3. The van der Waals surface area contributed by atoms with E-state index < -0.39 is 5.54 Å². The van der Waals surface area contributed by atoms with Gasteiger partial charge >= 0.3 is 0 Å². The minimum atomic E-state index is -0.675. The average Bonchev–Trinajstić information content (AvgIpc) is 2.97. The summed E-state index contributed by atoms with van der Waals surface area (Å²) in [5.74, 6) is 0.360. The molecule has 1 saturated carbocycles. The Morgan fingerprint density at radius 2 is 2.29 bits per heavy atom. The topological polar surface area (TPSA) is 62.1 Å². The Balaban J connectivity index is 2.14. The zero-order valence-corrected chi connectivity index (χ0v) is 10.5. The molecule has 1 amide bonds. The smallest absolute Gasteiger partial charge is 0.266 e. The maximum Gasteiger partial charge on any atom is 0.266 e. The van der Waals surface area contributed by atoms with Crippen LogP contribution in [-0.4, -0.2) is 18.6 Å². The molecule has 1 aliphatic rings. The number of thiophene rings is 1. The first-order valence-corrected chi connectivity index (χ1v) is 6.44. The molecule has 0 bridgehead atoms. The van der Waals surface area contributed by atoms with Crippen molar-refractivity contribution < 1.29 is 9.53 Å². The van der Waals surface area contributed by atoms with E-state index in [0.29, 0.717) is 10.6 Å². The number of hydrogen-bond acceptors (Lipinski definition) is 4. The van der Waals surface area contributed by atoms with E-state index in [9.17, 15) is 10.1 Å². The van der Waals surface area contributed by atoms with Gasteiger partial charge in [-0.25, -0.2) is 0 Å². The molecule has 0 aliphatic heterocycles. The lowest BCUT2D eigenvalue weighted by atomic mass is 10.00. The zero-order valence-electron chi connectivity index (χ0n) is 9.66. The average molecular weight is 250 g/mol. The second-order valence-electron chi connectivity index (χ2n) is 4.17. The van der Waals surface area contributed by atoms with Crippen LogP contribution in [0.15, 0.2) is 11.4 Å². The minimum absolute atomic E-state index is 0.208. The number of ether oxygens (including phenoxy) is 1. The number of nitrogens with one attached hydrogen (secondary N) is 1. The van der Waals surface area contributed by atoms with Crippen LogP contribution in [-0.2, 0) is 0 Å². The highest BCUT2D eigenvalue weighted by Gasteiger charge is 2.36. The highest BCUT2D eigenvalue weighted by atomic mass is 32.1. The first kappa shape index (κ1) is 11.9. The lowest BCUT2D eigenvalue weighted by Gasteiger charge is -2.21. The maximum atomic E-state index is 12.1. The number of amides is 1. The number of carbonyl (C=O) groups is 1. The van der Waals surface area contributed by atoms with Crippen LogP contribution in [0.3, 0.4) is 0 Å². The summed E-state index contributed by atoms with van der Waals surface area (Å²) in [6.07, 6.45) is 3.47. The number of hydrogen-bond donors (Lipinski definition) is 1. The number of methoxy groups -OCH3 is 1. The number of carbonyl (C=O) groups excluding carboxylic acids is 1. The fourth-order valence-electron chi connectivity index (χ4n) is 2.14. The molecular formula is C12H14N2O2S. The quantitative estimate of drug-likeness (QED) is 0.895. The lowest BCUT2D eigenvalue weighted by molar-refractivity contribution is 0.0922. The van der Waals surface area contributed by atoms with E-state index in [1.807, 2.05) is 0 Å². The summed E-state index contributed by atoms with van der Waals surface area (Å²) < 4.78 is 5.10. The van der Waals surface area contributed by atoms with Gasteiger partial charge in [0, 0.05) is 0 Å². The van der Waals surface area contributed by atoms with Crippen molar-refractivity contribution in [2.75, 3.05) is 7.11 Å². The number of nitrogens with zero attached hydrogens (tertiary/aromatic N) is 1. The van der Waals surface area contributed by atoms with E-state index in [2.05, 4.69) is 11.4 Å². The van der Waals surface area contributed by atoms with E-state index in [1.54, 1.807) is 11.4 Å². The van der Waals surface area contributed by atoms with Crippen LogP contribution in [0.4, 0.5) is 0 Å². The molecule has 4 nitrogen and oxygen atoms in total. The van der Waals surface area contributed by atoms with Gasteiger partial charge in [0.1, 0.15) is 16.2 Å². The van der Waals surface area contributed by atoms with Crippen molar-refractivity contribution in [2.45, 2.75) is 31.2 Å². The third kappa shape index (κ3) is 2.27. The number of nitriles is 1. The maximum absolute atomic E-state index is 12.1. The first-order valence-electron chi connectivity index (χ1n) is 5.56. The summed E-state index contributed by atoms with van der Waals surface area (Å²) in [6.45, 7) is 0. The second kappa shape index (κ2) is 4.76. The molecule has 0 saturated heterocycles. The van der Waals surface area contributed by atoms with Gasteiger partial charge in [0.05, 0.1) is 13.2 Å². The largest absolute Gasteiger partial charge is 0.495 e. The van der Waals surface area contributed by atoms with Gasteiger partial charge in [0.2, 0.25) is 0 Å². The first-order chi connectivity index (χ1) is 8.21. The molecule has 1 N–H and O–H groups in total. The van der Waals surface area contributed by atoms with Crippen molar-refractivity contribution in [1.29, 1.82) is 5.26 Å². The fourth-order valence-corrected chi connectivity index (χ4v) is 2.89. The molecule has 1 heterocycles. The highest BCUT2D eigenvalue weighted by Crippen LogP contribution is 2.31. The Bertz CT molecular complexity index is 455. The van der Waals surface area contributed by atoms with Gasteiger partial charge in [0.25, 0.3) is 5.91 Å². The van der Waals surface area contributed by atoms with Gasteiger partial charge in [-0.05, 0) is 37.1 Å². The van der Waals surface area contributed by atoms with Crippen LogP contribution >= 0.6 is 11.3 Å². The van der Waals surface area contributed by atoms with E-state index in [4.69, 9.17) is 4.74 Å². The normalized spacial score (nSPS) is 17.4. The molecule has 5 heteroatoms. The van der Waals surface area contributed by atoms with Crippen LogP contribution in [0, 0.1) is 11.3 Å². The second-order valence-corrected chi connectivity index (χ2v) is 5.09. The third-order valence-electron chi connectivity index (χ3n) is 3.08. The molecular weight excluding hydrogens is 236 g/mol. The van der Waals surface area contributed by atoms with Crippen LogP contribution in [0.2, 0.25) is 0 Å². The van der Waals surface area contributed by atoms with Crippen LogP contribution in [0.5, 0.6) is 5.75 Å². The summed E-state index contributed by atoms with van der Waals surface area (Å²) >= 11 is 1.33. The Labute approximate surface area is 104 Å². The van der Waals surface area contributed by atoms with E-state index in [1.165, 1.54) is 18.4 Å². The van der Waals surface area contributed by atoms with Gasteiger partial charge in [0.15, 0.2) is 0 Å². The molecule has 2 rings (SSSR count). The molecule has 0 spiro atoms. The molecule has 1 aromatic heterocycles. The van der Waals surface area contributed by atoms with Crippen molar-refractivity contribution in [2.24, 2.45) is 0 Å². The molecule has 90 valence electrons. The standard InChI is InChI=1S/C12H14N2O2S/c1-16-9-4-7-17-10(9)11(15)14-12(8-13)5-2-3-6-12/h4,7H,2-3,5-6H2,1H3,(H,14,15). The van der Waals surface area contributed by atoms with Gasteiger partial charge in [-0.2, -0.15) is 5.26 Å². The summed E-state index contributed by atoms with van der Waals surface area (Å²) in [5.41, 5.74) is -0.675. The molecule has 1 aliphatic carbocycles. The SMILES string of the molecule is COc1ccsc1C(=O)NC1(C#N)CCCC1. The highest BCUT2D eigenvalue weighted by molar-refractivity contribution is 7.12. The lowest BCUT2D eigenvalue weighted by Crippen LogP contribution is -2.44. The summed E-state index contributed by atoms with van der Waals surface area (Å²) in [7, 11) is 1.54. The fraction of sp³-hybridized carbons (Fsp3) is 0.500. The van der Waals surface area contributed by atoms with Gasteiger partial charge in [-0.1, -0.05) is 0 Å². The van der Waals surface area contributed by atoms with Crippen LogP contribution in [0.1, 0.15) is 35.4 Å². The predicted molar refractivity (Wildman–Crippen MR) is 65.1 cm³/mol. The monoisotopic (exact) mass is 250 g/mol. The Hall–Kier alpha value is -1.54. The van der Waals surface area contributed by atoms with E-state index in [0.717, 1.165) is 25.7 Å². The summed E-state index contributed by atoms with van der Waals surface area (Å²) in [4.78, 5) is 12.6. The minimum Gasteiger partial charge on any atom is -0.495 e. The van der Waals surface area contributed by atoms with Crippen molar-refractivity contribution in [1.82, 2.24) is 5.32 Å². The van der Waals surface area contributed by atoms with Gasteiger partial charge < -0.3 is 10.1 Å². The van der Waals surface area contributed by atoms with Crippen LogP contribution < -0.4 is 10.1 Å². The molecule has 0 unspecified atom stereocenters. The van der Waals surface area contributed by atoms with Gasteiger partial charge in [-0.15, -0.1) is 11.3 Å². The molecule has 0 atom stereocenters. The summed E-state index contributed by atoms with van der Waals surface area (Å²) in [5, 5.41) is 13.9. The molecule has 1 aromatic rings. The molecule has 1 fully saturated rings. The summed E-state index contributed by atoms with van der Waals surface area (Å²) in [6, 6.07) is 4.00.